The average Bonchev–Trinajstić information content (AvgIpc) is 2.82. The van der Waals surface area contributed by atoms with Crippen LogP contribution in [0.5, 0.6) is 0 Å². The highest BCUT2D eigenvalue weighted by molar-refractivity contribution is 5.75. The minimum Gasteiger partial charge on any atom is -0.388 e. The lowest BCUT2D eigenvalue weighted by atomic mass is 10.1. The van der Waals surface area contributed by atoms with E-state index in [1.54, 1.807) is 6.20 Å². The Labute approximate surface area is 104 Å². The van der Waals surface area contributed by atoms with E-state index in [0.29, 0.717) is 5.82 Å². The van der Waals surface area contributed by atoms with Gasteiger partial charge in [-0.25, -0.2) is 4.98 Å². The van der Waals surface area contributed by atoms with Gasteiger partial charge in [-0.1, -0.05) is 12.1 Å². The molecule has 0 aliphatic carbocycles. The molecule has 0 bridgehead atoms. The normalized spacial score (nSPS) is 10.9. The van der Waals surface area contributed by atoms with Crippen LogP contribution in [0.15, 0.2) is 42.7 Å². The number of aliphatic hydroxyl groups is 1. The van der Waals surface area contributed by atoms with Crippen molar-refractivity contribution < 1.29 is 5.11 Å². The summed E-state index contributed by atoms with van der Waals surface area (Å²) in [5.74, 6) is 0.600. The van der Waals surface area contributed by atoms with E-state index < -0.39 is 0 Å². The summed E-state index contributed by atoms with van der Waals surface area (Å²) in [7, 11) is 0. The molecule has 0 saturated carbocycles. The van der Waals surface area contributed by atoms with Crippen LogP contribution < -0.4 is 0 Å². The number of hydrogen-bond donors (Lipinski definition) is 2. The first kappa shape index (κ1) is 10.9. The van der Waals surface area contributed by atoms with E-state index in [1.807, 2.05) is 18.3 Å². The van der Waals surface area contributed by atoms with Gasteiger partial charge in [0.2, 0.25) is 0 Å². The third-order valence-corrected chi connectivity index (χ3v) is 2.88. The summed E-state index contributed by atoms with van der Waals surface area (Å²) in [5.41, 5.74) is 4.22. The molecule has 0 amide bonds. The first-order valence-electron chi connectivity index (χ1n) is 5.82. The Morgan fingerprint density at radius 1 is 1.17 bits per heavy atom. The van der Waals surface area contributed by atoms with Crippen LogP contribution in [0.1, 0.15) is 17.0 Å². The molecule has 0 atom stereocenters. The van der Waals surface area contributed by atoms with Gasteiger partial charge in [0.05, 0.1) is 11.0 Å². The van der Waals surface area contributed by atoms with Crippen LogP contribution >= 0.6 is 0 Å². The van der Waals surface area contributed by atoms with Crippen molar-refractivity contribution in [3.8, 4) is 0 Å². The standard InChI is InChI=1S/C14H13N3O/c18-9-14-16-12-4-3-10(7-13(12)17-14)6-11-2-1-5-15-8-11/h1-5,7-8,18H,6,9H2,(H,16,17). The van der Waals surface area contributed by atoms with E-state index in [4.69, 9.17) is 5.11 Å². The highest BCUT2D eigenvalue weighted by atomic mass is 16.3. The average molecular weight is 239 g/mol. The Hall–Kier alpha value is -2.20. The largest absolute Gasteiger partial charge is 0.388 e. The number of aromatic nitrogens is 3. The van der Waals surface area contributed by atoms with Crippen molar-refractivity contribution in [1.29, 1.82) is 0 Å². The van der Waals surface area contributed by atoms with Crippen molar-refractivity contribution in [2.45, 2.75) is 13.0 Å². The van der Waals surface area contributed by atoms with Gasteiger partial charge in [-0.3, -0.25) is 4.98 Å². The second-order valence-electron chi connectivity index (χ2n) is 4.23. The molecule has 0 spiro atoms. The zero-order valence-electron chi connectivity index (χ0n) is 9.80. The van der Waals surface area contributed by atoms with E-state index >= 15 is 0 Å². The molecule has 0 aliphatic heterocycles. The molecule has 4 heteroatoms. The molecule has 2 N–H and O–H groups in total. The number of nitrogens with zero attached hydrogens (tertiary/aromatic N) is 2. The predicted molar refractivity (Wildman–Crippen MR) is 69.1 cm³/mol. The molecule has 0 aliphatic rings. The maximum Gasteiger partial charge on any atom is 0.133 e. The lowest BCUT2D eigenvalue weighted by Gasteiger charge is -2.01. The molecule has 2 aromatic heterocycles. The van der Waals surface area contributed by atoms with E-state index in [1.165, 1.54) is 11.1 Å². The predicted octanol–water partition coefficient (Wildman–Crippen LogP) is 2.04. The van der Waals surface area contributed by atoms with Crippen molar-refractivity contribution in [3.05, 3.63) is 59.7 Å². The topological polar surface area (TPSA) is 61.8 Å². The zero-order valence-corrected chi connectivity index (χ0v) is 9.80. The van der Waals surface area contributed by atoms with Gasteiger partial charge < -0.3 is 10.1 Å². The SMILES string of the molecule is OCc1nc2ccc(Cc3cccnc3)cc2[nH]1. The molecule has 18 heavy (non-hydrogen) atoms. The number of aromatic amines is 1. The highest BCUT2D eigenvalue weighted by Gasteiger charge is 2.03. The van der Waals surface area contributed by atoms with Gasteiger partial charge in [-0.15, -0.1) is 0 Å². The minimum atomic E-state index is -0.0629. The van der Waals surface area contributed by atoms with Gasteiger partial charge in [-0.05, 0) is 35.7 Å². The molecule has 0 radical (unpaired) electrons. The Bertz CT molecular complexity index is 661. The minimum absolute atomic E-state index is 0.0629. The Morgan fingerprint density at radius 3 is 2.89 bits per heavy atom. The summed E-state index contributed by atoms with van der Waals surface area (Å²) in [4.78, 5) is 11.5. The Balaban J connectivity index is 1.93. The second kappa shape index (κ2) is 4.58. The van der Waals surface area contributed by atoms with Gasteiger partial charge in [-0.2, -0.15) is 0 Å². The van der Waals surface area contributed by atoms with Crippen molar-refractivity contribution in [2.24, 2.45) is 0 Å². The van der Waals surface area contributed by atoms with Crippen molar-refractivity contribution in [1.82, 2.24) is 15.0 Å². The summed E-state index contributed by atoms with van der Waals surface area (Å²) < 4.78 is 0. The van der Waals surface area contributed by atoms with Crippen molar-refractivity contribution >= 4 is 11.0 Å². The van der Waals surface area contributed by atoms with Crippen LogP contribution in [-0.4, -0.2) is 20.1 Å². The van der Waals surface area contributed by atoms with Crippen molar-refractivity contribution in [3.63, 3.8) is 0 Å². The van der Waals surface area contributed by atoms with Crippen LogP contribution in [0.3, 0.4) is 0 Å². The molecular formula is C14H13N3O. The zero-order chi connectivity index (χ0) is 12.4. The van der Waals surface area contributed by atoms with E-state index in [9.17, 15) is 0 Å². The van der Waals surface area contributed by atoms with Gasteiger partial charge in [0.25, 0.3) is 0 Å². The molecule has 90 valence electrons. The van der Waals surface area contributed by atoms with Gasteiger partial charge in [0.1, 0.15) is 12.4 Å². The molecule has 1 aromatic carbocycles. The number of aliphatic hydroxyl groups excluding tert-OH is 1. The van der Waals surface area contributed by atoms with Crippen LogP contribution in [0.2, 0.25) is 0 Å². The fourth-order valence-electron chi connectivity index (χ4n) is 2.03. The number of rotatable bonds is 3. The molecule has 3 aromatic rings. The number of fused-ring (bicyclic) bond motifs is 1. The quantitative estimate of drug-likeness (QED) is 0.735. The third kappa shape index (κ3) is 2.10. The maximum atomic E-state index is 9.04. The first-order valence-corrected chi connectivity index (χ1v) is 5.82. The van der Waals surface area contributed by atoms with E-state index in [-0.39, 0.29) is 6.61 Å². The van der Waals surface area contributed by atoms with E-state index in [0.717, 1.165) is 17.5 Å². The molecular weight excluding hydrogens is 226 g/mol. The molecule has 2 heterocycles. The fraction of sp³-hybridized carbons (Fsp3) is 0.143. The Kier molecular flexibility index (Phi) is 2.78. The van der Waals surface area contributed by atoms with Crippen LogP contribution in [0.25, 0.3) is 11.0 Å². The van der Waals surface area contributed by atoms with E-state index in [2.05, 4.69) is 33.2 Å². The summed E-state index contributed by atoms with van der Waals surface area (Å²) >= 11 is 0. The van der Waals surface area contributed by atoms with Gasteiger partial charge in [0.15, 0.2) is 0 Å². The highest BCUT2D eigenvalue weighted by Crippen LogP contribution is 2.16. The first-order chi connectivity index (χ1) is 8.85. The molecule has 0 fully saturated rings. The van der Waals surface area contributed by atoms with Crippen LogP contribution in [-0.2, 0) is 13.0 Å². The molecule has 0 unspecified atom stereocenters. The molecule has 3 rings (SSSR count). The number of pyridine rings is 1. The summed E-state index contributed by atoms with van der Waals surface area (Å²) in [6.07, 6.45) is 4.49. The number of imidazole rings is 1. The lowest BCUT2D eigenvalue weighted by molar-refractivity contribution is 0.273. The number of benzene rings is 1. The van der Waals surface area contributed by atoms with Gasteiger partial charge in [0, 0.05) is 12.4 Å². The Morgan fingerprint density at radius 2 is 2.11 bits per heavy atom. The third-order valence-electron chi connectivity index (χ3n) is 2.88. The number of H-pyrrole nitrogens is 1. The smallest absolute Gasteiger partial charge is 0.133 e. The van der Waals surface area contributed by atoms with Gasteiger partial charge >= 0.3 is 0 Å². The van der Waals surface area contributed by atoms with Crippen LogP contribution in [0.4, 0.5) is 0 Å². The lowest BCUT2D eigenvalue weighted by Crippen LogP contribution is -1.88. The second-order valence-corrected chi connectivity index (χ2v) is 4.23. The fourth-order valence-corrected chi connectivity index (χ4v) is 2.03. The summed E-state index contributed by atoms with van der Waals surface area (Å²) in [6, 6.07) is 10.1. The molecule has 0 saturated heterocycles. The monoisotopic (exact) mass is 239 g/mol. The maximum absolute atomic E-state index is 9.04. The van der Waals surface area contributed by atoms with Crippen LogP contribution in [0, 0.1) is 0 Å². The summed E-state index contributed by atoms with van der Waals surface area (Å²) in [6.45, 7) is -0.0629. The molecule has 4 nitrogen and oxygen atoms in total. The number of hydrogen-bond acceptors (Lipinski definition) is 3. The van der Waals surface area contributed by atoms with Crippen molar-refractivity contribution in [2.75, 3.05) is 0 Å². The number of nitrogens with one attached hydrogen (secondary N) is 1. The summed E-state index contributed by atoms with van der Waals surface area (Å²) in [5, 5.41) is 9.04.